The van der Waals surface area contributed by atoms with Gasteiger partial charge in [-0.2, -0.15) is 0 Å². The van der Waals surface area contributed by atoms with E-state index in [-0.39, 0.29) is 6.10 Å². The van der Waals surface area contributed by atoms with Gasteiger partial charge in [-0.25, -0.2) is 8.42 Å². The molecule has 1 aliphatic heterocycles. The zero-order chi connectivity index (χ0) is 14.9. The molecule has 1 fully saturated rings. The van der Waals surface area contributed by atoms with E-state index in [9.17, 15) is 8.42 Å². The Bertz CT molecular complexity index is 695. The van der Waals surface area contributed by atoms with Gasteiger partial charge in [0.25, 0.3) is 0 Å². The predicted molar refractivity (Wildman–Crippen MR) is 81.8 cm³/mol. The van der Waals surface area contributed by atoms with Gasteiger partial charge in [0.2, 0.25) is 0 Å². The Morgan fingerprint density at radius 2 is 1.52 bits per heavy atom. The van der Waals surface area contributed by atoms with E-state index in [1.807, 2.05) is 43.3 Å². The average Bonchev–Trinajstić information content (AvgIpc) is 2.92. The van der Waals surface area contributed by atoms with Gasteiger partial charge in [0.05, 0.1) is 16.2 Å². The summed E-state index contributed by atoms with van der Waals surface area (Å²) < 4.78 is 31.7. The highest BCUT2D eigenvalue weighted by atomic mass is 32.2. The molecular formula is C17H18O3S. The van der Waals surface area contributed by atoms with Crippen molar-refractivity contribution in [1.29, 1.82) is 0 Å². The van der Waals surface area contributed by atoms with E-state index in [1.54, 1.807) is 24.3 Å². The summed E-state index contributed by atoms with van der Waals surface area (Å²) in [7, 11) is -3.39. The lowest BCUT2D eigenvalue weighted by Gasteiger charge is -2.19. The number of hydrogen-bond acceptors (Lipinski definition) is 3. The molecule has 110 valence electrons. The Morgan fingerprint density at radius 1 is 0.952 bits per heavy atom. The minimum Gasteiger partial charge on any atom is -0.369 e. The van der Waals surface area contributed by atoms with Crippen molar-refractivity contribution in [2.24, 2.45) is 0 Å². The van der Waals surface area contributed by atoms with Gasteiger partial charge in [0.15, 0.2) is 9.84 Å². The fraction of sp³-hybridized carbons (Fsp3) is 0.294. The third-order valence-corrected chi connectivity index (χ3v) is 6.05. The van der Waals surface area contributed by atoms with E-state index in [2.05, 4.69) is 0 Å². The minimum absolute atomic E-state index is 0.0568. The zero-order valence-electron chi connectivity index (χ0n) is 11.8. The van der Waals surface area contributed by atoms with Crippen LogP contribution in [0.2, 0.25) is 0 Å². The molecule has 0 spiro atoms. The number of sulfone groups is 1. The molecule has 0 N–H and O–H groups in total. The first-order valence-electron chi connectivity index (χ1n) is 7.08. The molecule has 0 amide bonds. The lowest BCUT2D eigenvalue weighted by molar-refractivity contribution is 0.0562. The Hall–Kier alpha value is -1.65. The lowest BCUT2D eigenvalue weighted by Crippen LogP contribution is -2.25. The van der Waals surface area contributed by atoms with Crippen LogP contribution in [-0.4, -0.2) is 19.8 Å². The number of benzene rings is 2. The van der Waals surface area contributed by atoms with Crippen molar-refractivity contribution in [3.05, 3.63) is 66.2 Å². The predicted octanol–water partition coefficient (Wildman–Crippen LogP) is 3.38. The molecule has 1 saturated heterocycles. The third-order valence-electron chi connectivity index (χ3n) is 3.88. The van der Waals surface area contributed by atoms with Crippen LogP contribution in [0.25, 0.3) is 0 Å². The van der Waals surface area contributed by atoms with E-state index in [1.165, 1.54) is 0 Å². The molecule has 0 saturated carbocycles. The van der Waals surface area contributed by atoms with Gasteiger partial charge in [0, 0.05) is 0 Å². The summed E-state index contributed by atoms with van der Waals surface area (Å²) >= 11 is 0. The minimum atomic E-state index is -3.39. The maximum atomic E-state index is 12.9. The van der Waals surface area contributed by atoms with Crippen molar-refractivity contribution in [1.82, 2.24) is 0 Å². The Labute approximate surface area is 125 Å². The first-order valence-corrected chi connectivity index (χ1v) is 8.63. The molecule has 0 bridgehead atoms. The molecule has 3 atom stereocenters. The second-order valence-electron chi connectivity index (χ2n) is 5.41. The maximum absolute atomic E-state index is 12.9. The summed E-state index contributed by atoms with van der Waals surface area (Å²) in [6, 6.07) is 18.2. The molecular weight excluding hydrogens is 284 g/mol. The molecule has 4 heteroatoms. The van der Waals surface area contributed by atoms with Gasteiger partial charge >= 0.3 is 0 Å². The Morgan fingerprint density at radius 3 is 2.14 bits per heavy atom. The molecule has 21 heavy (non-hydrogen) atoms. The standard InChI is InChI=1S/C17H18O3S/c1-13-12-16(17(20-13)14-8-4-2-5-9-14)21(18,19)15-10-6-3-7-11-15/h2-11,13,16-17H,12H2,1H3/t13-,16-,17+/m0/s1. The van der Waals surface area contributed by atoms with Crippen LogP contribution in [0.15, 0.2) is 65.6 Å². The fourth-order valence-electron chi connectivity index (χ4n) is 2.85. The third kappa shape index (κ3) is 2.74. The summed E-state index contributed by atoms with van der Waals surface area (Å²) in [6.07, 6.45) is 0.0710. The first kappa shape index (κ1) is 14.3. The Balaban J connectivity index is 2.00. The molecule has 1 heterocycles. The van der Waals surface area contributed by atoms with E-state index < -0.39 is 21.2 Å². The quantitative estimate of drug-likeness (QED) is 0.873. The Kier molecular flexibility index (Phi) is 3.83. The van der Waals surface area contributed by atoms with Crippen LogP contribution in [-0.2, 0) is 14.6 Å². The summed E-state index contributed by atoms with van der Waals surface area (Å²) in [5, 5.41) is -0.530. The number of ether oxygens (including phenoxy) is 1. The van der Waals surface area contributed by atoms with Gasteiger partial charge in [-0.15, -0.1) is 0 Å². The van der Waals surface area contributed by atoms with Crippen LogP contribution in [0.5, 0.6) is 0 Å². The van der Waals surface area contributed by atoms with Crippen molar-refractivity contribution in [3.63, 3.8) is 0 Å². The second kappa shape index (κ2) is 5.62. The van der Waals surface area contributed by atoms with E-state index in [0.29, 0.717) is 11.3 Å². The lowest BCUT2D eigenvalue weighted by atomic mass is 10.1. The van der Waals surface area contributed by atoms with Crippen molar-refractivity contribution in [2.45, 2.75) is 35.7 Å². The van der Waals surface area contributed by atoms with Gasteiger partial charge in [0.1, 0.15) is 6.10 Å². The zero-order valence-corrected chi connectivity index (χ0v) is 12.7. The smallest absolute Gasteiger partial charge is 0.184 e. The highest BCUT2D eigenvalue weighted by Gasteiger charge is 2.43. The first-order chi connectivity index (χ1) is 10.1. The molecule has 0 aliphatic carbocycles. The molecule has 3 rings (SSSR count). The molecule has 3 nitrogen and oxygen atoms in total. The second-order valence-corrected chi connectivity index (χ2v) is 7.58. The maximum Gasteiger partial charge on any atom is 0.184 e. The fourth-order valence-corrected chi connectivity index (χ4v) is 4.81. The molecule has 0 aromatic heterocycles. The van der Waals surface area contributed by atoms with Crippen LogP contribution < -0.4 is 0 Å². The topological polar surface area (TPSA) is 43.4 Å². The van der Waals surface area contributed by atoms with Crippen LogP contribution in [0.1, 0.15) is 25.0 Å². The van der Waals surface area contributed by atoms with E-state index >= 15 is 0 Å². The van der Waals surface area contributed by atoms with E-state index in [4.69, 9.17) is 4.74 Å². The summed E-state index contributed by atoms with van der Waals surface area (Å²) in [6.45, 7) is 1.93. The van der Waals surface area contributed by atoms with Gasteiger partial charge in [-0.05, 0) is 31.0 Å². The monoisotopic (exact) mass is 302 g/mol. The van der Waals surface area contributed by atoms with Crippen molar-refractivity contribution in [3.8, 4) is 0 Å². The van der Waals surface area contributed by atoms with Crippen molar-refractivity contribution in [2.75, 3.05) is 0 Å². The SMILES string of the molecule is C[C@H]1C[C@H](S(=O)(=O)c2ccccc2)[C@@H](c2ccccc2)O1. The number of hydrogen-bond donors (Lipinski definition) is 0. The van der Waals surface area contributed by atoms with Crippen LogP contribution in [0.4, 0.5) is 0 Å². The normalized spacial score (nSPS) is 25.9. The van der Waals surface area contributed by atoms with Crippen LogP contribution >= 0.6 is 0 Å². The summed E-state index contributed by atoms with van der Waals surface area (Å²) in [5.74, 6) is 0. The molecule has 1 aliphatic rings. The van der Waals surface area contributed by atoms with Gasteiger partial charge in [-0.3, -0.25) is 0 Å². The largest absolute Gasteiger partial charge is 0.369 e. The van der Waals surface area contributed by atoms with Crippen LogP contribution in [0, 0.1) is 0 Å². The van der Waals surface area contributed by atoms with Gasteiger partial charge < -0.3 is 4.74 Å². The highest BCUT2D eigenvalue weighted by molar-refractivity contribution is 7.92. The summed E-state index contributed by atoms with van der Waals surface area (Å²) in [5.41, 5.74) is 0.923. The molecule has 2 aromatic rings. The van der Waals surface area contributed by atoms with Crippen molar-refractivity contribution >= 4 is 9.84 Å². The number of rotatable bonds is 3. The average molecular weight is 302 g/mol. The molecule has 0 radical (unpaired) electrons. The summed E-state index contributed by atoms with van der Waals surface area (Å²) in [4.78, 5) is 0.369. The van der Waals surface area contributed by atoms with Crippen molar-refractivity contribution < 1.29 is 13.2 Å². The molecule has 0 unspecified atom stereocenters. The molecule has 2 aromatic carbocycles. The van der Waals surface area contributed by atoms with Gasteiger partial charge in [-0.1, -0.05) is 48.5 Å². The van der Waals surface area contributed by atoms with Crippen LogP contribution in [0.3, 0.4) is 0 Å². The van der Waals surface area contributed by atoms with E-state index in [0.717, 1.165) is 5.56 Å². The highest BCUT2D eigenvalue weighted by Crippen LogP contribution is 2.39.